The lowest BCUT2D eigenvalue weighted by molar-refractivity contribution is -0.120. The minimum atomic E-state index is 0.0446. The number of rotatable bonds is 4. The summed E-state index contributed by atoms with van der Waals surface area (Å²) in [4.78, 5) is 15.4. The lowest BCUT2D eigenvalue weighted by Gasteiger charge is -2.08. The third-order valence-electron chi connectivity index (χ3n) is 3.79. The predicted molar refractivity (Wildman–Crippen MR) is 74.6 cm³/mol. The molecule has 3 rings (SSSR count). The van der Waals surface area contributed by atoms with Gasteiger partial charge in [-0.2, -0.15) is 0 Å². The topological polar surface area (TPSA) is 54.1 Å². The number of nitrogens with one attached hydrogen (secondary N) is 2. The number of aromatic amines is 1. The van der Waals surface area contributed by atoms with Crippen LogP contribution in [-0.2, 0) is 11.2 Å². The van der Waals surface area contributed by atoms with Crippen molar-refractivity contribution in [2.24, 2.45) is 0 Å². The lowest BCUT2D eigenvalue weighted by atomic mass is 10.0. The molecule has 4 heteroatoms. The molecule has 4 nitrogen and oxygen atoms in total. The van der Waals surface area contributed by atoms with Gasteiger partial charge >= 0.3 is 0 Å². The van der Waals surface area contributed by atoms with Crippen LogP contribution in [0.3, 0.4) is 0 Å². The highest BCUT2D eigenvalue weighted by Gasteiger charge is 2.22. The maximum Gasteiger partial charge on any atom is 0.154 e. The van der Waals surface area contributed by atoms with E-state index in [0.29, 0.717) is 6.42 Å². The average Bonchev–Trinajstić information content (AvgIpc) is 3.08. The highest BCUT2D eigenvalue weighted by molar-refractivity contribution is 5.92. The number of ether oxygens (including phenoxy) is 1. The van der Waals surface area contributed by atoms with E-state index >= 15 is 0 Å². The fraction of sp³-hybridized carbons (Fsp3) is 0.400. The van der Waals surface area contributed by atoms with Crippen LogP contribution in [0.4, 0.5) is 0 Å². The third-order valence-corrected chi connectivity index (χ3v) is 3.79. The van der Waals surface area contributed by atoms with Crippen molar-refractivity contribution >= 4 is 16.7 Å². The molecular formula is C15H18N2O2. The number of H-pyrrole nitrogens is 1. The Hall–Kier alpha value is -1.81. The van der Waals surface area contributed by atoms with E-state index in [9.17, 15) is 4.79 Å². The molecule has 1 unspecified atom stereocenters. The normalized spacial score (nSPS) is 18.9. The van der Waals surface area contributed by atoms with Crippen molar-refractivity contribution in [2.75, 3.05) is 13.7 Å². The van der Waals surface area contributed by atoms with E-state index in [1.54, 1.807) is 7.11 Å². The minimum Gasteiger partial charge on any atom is -0.497 e. The van der Waals surface area contributed by atoms with Gasteiger partial charge in [-0.25, -0.2) is 0 Å². The molecule has 0 amide bonds. The van der Waals surface area contributed by atoms with E-state index in [2.05, 4.69) is 10.3 Å². The standard InChI is InChI=1S/C15H18N2O2/c1-19-11-4-5-12-10(9-17-14(12)8-11)7-15(18)13-3-2-6-16-13/h4-5,8-9,13,16-17H,2-3,6-7H2,1H3. The molecule has 1 aromatic heterocycles. The summed E-state index contributed by atoms with van der Waals surface area (Å²) in [5, 5.41) is 4.36. The molecule has 2 heterocycles. The van der Waals surface area contributed by atoms with Gasteiger partial charge in [-0.1, -0.05) is 0 Å². The van der Waals surface area contributed by atoms with Crippen molar-refractivity contribution in [2.45, 2.75) is 25.3 Å². The Kier molecular flexibility index (Phi) is 3.25. The summed E-state index contributed by atoms with van der Waals surface area (Å²) in [6, 6.07) is 5.94. The summed E-state index contributed by atoms with van der Waals surface area (Å²) < 4.78 is 5.20. The number of hydrogen-bond acceptors (Lipinski definition) is 3. The van der Waals surface area contributed by atoms with E-state index in [1.165, 1.54) is 0 Å². The van der Waals surface area contributed by atoms with Gasteiger partial charge in [-0.15, -0.1) is 0 Å². The van der Waals surface area contributed by atoms with Crippen LogP contribution in [0.15, 0.2) is 24.4 Å². The zero-order valence-electron chi connectivity index (χ0n) is 11.0. The number of benzene rings is 1. The van der Waals surface area contributed by atoms with Gasteiger partial charge in [0.1, 0.15) is 5.75 Å². The minimum absolute atomic E-state index is 0.0446. The summed E-state index contributed by atoms with van der Waals surface area (Å²) in [7, 11) is 1.65. The van der Waals surface area contributed by atoms with Crippen molar-refractivity contribution in [3.8, 4) is 5.75 Å². The fourth-order valence-corrected chi connectivity index (χ4v) is 2.71. The van der Waals surface area contributed by atoms with Crippen LogP contribution in [0.1, 0.15) is 18.4 Å². The van der Waals surface area contributed by atoms with Gasteiger partial charge in [0, 0.05) is 29.6 Å². The predicted octanol–water partition coefficient (Wildman–Crippen LogP) is 2.04. The maximum atomic E-state index is 12.2. The first kappa shape index (κ1) is 12.2. The Bertz CT molecular complexity index is 597. The summed E-state index contributed by atoms with van der Waals surface area (Å²) in [5.74, 6) is 1.11. The Balaban J connectivity index is 1.82. The second kappa shape index (κ2) is 5.05. The van der Waals surface area contributed by atoms with Gasteiger partial charge in [-0.05, 0) is 37.1 Å². The summed E-state index contributed by atoms with van der Waals surface area (Å²) in [6.07, 6.45) is 4.48. The van der Waals surface area contributed by atoms with Gasteiger partial charge in [-0.3, -0.25) is 4.79 Å². The third kappa shape index (κ3) is 2.36. The molecule has 1 fully saturated rings. The monoisotopic (exact) mass is 258 g/mol. The van der Waals surface area contributed by atoms with Gasteiger partial charge in [0.15, 0.2) is 5.78 Å². The van der Waals surface area contributed by atoms with Gasteiger partial charge in [0.2, 0.25) is 0 Å². The molecule has 1 atom stereocenters. The first-order valence-corrected chi connectivity index (χ1v) is 6.68. The molecule has 100 valence electrons. The number of carbonyl (C=O) groups is 1. The molecule has 2 N–H and O–H groups in total. The highest BCUT2D eigenvalue weighted by Crippen LogP contribution is 2.24. The van der Waals surface area contributed by atoms with E-state index in [1.807, 2.05) is 24.4 Å². The molecule has 2 aromatic rings. The average molecular weight is 258 g/mol. The van der Waals surface area contributed by atoms with Gasteiger partial charge in [0.05, 0.1) is 13.2 Å². The molecular weight excluding hydrogens is 240 g/mol. The number of ketones is 1. The van der Waals surface area contributed by atoms with Crippen molar-refractivity contribution in [3.63, 3.8) is 0 Å². The maximum absolute atomic E-state index is 12.2. The second-order valence-electron chi connectivity index (χ2n) is 5.02. The second-order valence-corrected chi connectivity index (χ2v) is 5.02. The van der Waals surface area contributed by atoms with Crippen LogP contribution in [0.2, 0.25) is 0 Å². The molecule has 0 radical (unpaired) electrons. The molecule has 0 saturated carbocycles. The Morgan fingerprint density at radius 1 is 1.47 bits per heavy atom. The SMILES string of the molecule is COc1ccc2c(CC(=O)C3CCCN3)c[nH]c2c1. The zero-order valence-corrected chi connectivity index (χ0v) is 11.0. The van der Waals surface area contributed by atoms with Crippen LogP contribution in [0, 0.1) is 0 Å². The molecule has 1 aliphatic rings. The Labute approximate surface area is 112 Å². The fourth-order valence-electron chi connectivity index (χ4n) is 2.71. The van der Waals surface area contributed by atoms with Crippen LogP contribution in [0.5, 0.6) is 5.75 Å². The van der Waals surface area contributed by atoms with Crippen LogP contribution in [0.25, 0.3) is 10.9 Å². The molecule has 0 spiro atoms. The van der Waals surface area contributed by atoms with E-state index in [-0.39, 0.29) is 11.8 Å². The molecule has 0 aliphatic carbocycles. The van der Waals surface area contributed by atoms with Crippen LogP contribution >= 0.6 is 0 Å². The van der Waals surface area contributed by atoms with Crippen molar-refractivity contribution in [3.05, 3.63) is 30.0 Å². The number of hydrogen-bond donors (Lipinski definition) is 2. The number of aromatic nitrogens is 1. The summed E-state index contributed by atoms with van der Waals surface area (Å²) in [6.45, 7) is 0.960. The number of fused-ring (bicyclic) bond motifs is 1. The number of carbonyl (C=O) groups excluding carboxylic acids is 1. The highest BCUT2D eigenvalue weighted by atomic mass is 16.5. The zero-order chi connectivity index (χ0) is 13.2. The van der Waals surface area contributed by atoms with Crippen LogP contribution in [-0.4, -0.2) is 30.5 Å². The van der Waals surface area contributed by atoms with E-state index in [4.69, 9.17) is 4.74 Å². The summed E-state index contributed by atoms with van der Waals surface area (Å²) in [5.41, 5.74) is 2.08. The smallest absolute Gasteiger partial charge is 0.154 e. The molecule has 1 aromatic carbocycles. The number of methoxy groups -OCH3 is 1. The Morgan fingerprint density at radius 3 is 3.11 bits per heavy atom. The number of Topliss-reactive ketones (excluding diaryl/α,β-unsaturated/α-hetero) is 1. The van der Waals surface area contributed by atoms with Crippen molar-refractivity contribution < 1.29 is 9.53 Å². The van der Waals surface area contributed by atoms with E-state index < -0.39 is 0 Å². The molecule has 0 bridgehead atoms. The van der Waals surface area contributed by atoms with Crippen molar-refractivity contribution in [1.29, 1.82) is 0 Å². The van der Waals surface area contributed by atoms with Gasteiger partial charge < -0.3 is 15.0 Å². The molecule has 1 saturated heterocycles. The van der Waals surface area contributed by atoms with Crippen LogP contribution < -0.4 is 10.1 Å². The Morgan fingerprint density at radius 2 is 2.37 bits per heavy atom. The lowest BCUT2D eigenvalue weighted by Crippen LogP contribution is -2.31. The summed E-state index contributed by atoms with van der Waals surface area (Å²) >= 11 is 0. The van der Waals surface area contributed by atoms with Crippen molar-refractivity contribution in [1.82, 2.24) is 10.3 Å². The molecule has 1 aliphatic heterocycles. The quantitative estimate of drug-likeness (QED) is 0.882. The first-order valence-electron chi connectivity index (χ1n) is 6.68. The largest absolute Gasteiger partial charge is 0.497 e. The van der Waals surface area contributed by atoms with Gasteiger partial charge in [0.25, 0.3) is 0 Å². The molecule has 19 heavy (non-hydrogen) atoms. The first-order chi connectivity index (χ1) is 9.28. The van der Waals surface area contributed by atoms with E-state index in [0.717, 1.165) is 41.6 Å².